The molecule has 0 aliphatic carbocycles. The molecular formula is C13H8ClIN2O. The smallest absolute Gasteiger partial charge is 0.138 e. The third-order valence-corrected chi connectivity index (χ3v) is 3.85. The molecule has 0 saturated carbocycles. The number of nitrogens with zero attached hydrogens (tertiary/aromatic N) is 1. The van der Waals surface area contributed by atoms with E-state index in [2.05, 4.69) is 32.6 Å². The number of aromatic hydroxyl groups is 1. The topological polar surface area (TPSA) is 48.9 Å². The Balaban J connectivity index is 2.19. The van der Waals surface area contributed by atoms with Crippen LogP contribution in [0.2, 0.25) is 5.02 Å². The minimum Gasteiger partial charge on any atom is -0.507 e. The van der Waals surface area contributed by atoms with Gasteiger partial charge in [0.2, 0.25) is 0 Å². The first kappa shape index (κ1) is 11.8. The maximum atomic E-state index is 9.52. The summed E-state index contributed by atoms with van der Waals surface area (Å²) in [7, 11) is 0. The predicted molar refractivity (Wildman–Crippen MR) is 80.9 cm³/mol. The number of para-hydroxylation sites is 1. The Morgan fingerprint density at radius 3 is 2.78 bits per heavy atom. The van der Waals surface area contributed by atoms with E-state index in [0.29, 0.717) is 5.02 Å². The molecule has 3 rings (SSSR count). The van der Waals surface area contributed by atoms with Crippen LogP contribution >= 0.6 is 34.2 Å². The molecule has 0 spiro atoms. The summed E-state index contributed by atoms with van der Waals surface area (Å²) < 4.78 is 0.789. The summed E-state index contributed by atoms with van der Waals surface area (Å²) in [4.78, 5) is 7.70. The van der Waals surface area contributed by atoms with Crippen LogP contribution in [0.5, 0.6) is 5.75 Å². The van der Waals surface area contributed by atoms with Gasteiger partial charge in [0.15, 0.2) is 0 Å². The van der Waals surface area contributed by atoms with E-state index in [0.717, 1.165) is 26.0 Å². The highest BCUT2D eigenvalue weighted by atomic mass is 127. The fraction of sp³-hybridized carbons (Fsp3) is 0. The number of aromatic nitrogens is 2. The monoisotopic (exact) mass is 370 g/mol. The average molecular weight is 371 g/mol. The van der Waals surface area contributed by atoms with E-state index in [4.69, 9.17) is 11.6 Å². The van der Waals surface area contributed by atoms with Crippen molar-refractivity contribution < 1.29 is 5.11 Å². The van der Waals surface area contributed by atoms with Gasteiger partial charge in [-0.15, -0.1) is 0 Å². The molecule has 3 aromatic rings. The highest BCUT2D eigenvalue weighted by Gasteiger charge is 2.09. The zero-order chi connectivity index (χ0) is 12.7. The van der Waals surface area contributed by atoms with Gasteiger partial charge in [-0.3, -0.25) is 0 Å². The molecule has 1 aromatic heterocycles. The number of halogens is 2. The Kier molecular flexibility index (Phi) is 2.91. The summed E-state index contributed by atoms with van der Waals surface area (Å²) in [6.07, 6.45) is 0. The number of phenolic OH excluding ortho intramolecular Hbond substituents is 1. The number of fused-ring (bicyclic) bond motifs is 1. The summed E-state index contributed by atoms with van der Waals surface area (Å²) in [5, 5.41) is 10.1. The molecule has 0 atom stereocenters. The molecule has 0 fully saturated rings. The molecule has 90 valence electrons. The highest BCUT2D eigenvalue weighted by molar-refractivity contribution is 14.1. The molecule has 2 N–H and O–H groups in total. The van der Waals surface area contributed by atoms with Gasteiger partial charge < -0.3 is 10.1 Å². The summed E-state index contributed by atoms with van der Waals surface area (Å²) in [5.74, 6) is 1.02. The zero-order valence-electron chi connectivity index (χ0n) is 9.11. The molecule has 0 amide bonds. The van der Waals surface area contributed by atoms with E-state index in [1.54, 1.807) is 6.07 Å². The van der Waals surface area contributed by atoms with E-state index < -0.39 is 0 Å². The Bertz CT molecular complexity index is 739. The van der Waals surface area contributed by atoms with E-state index in [1.165, 1.54) is 0 Å². The largest absolute Gasteiger partial charge is 0.507 e. The maximum Gasteiger partial charge on any atom is 0.138 e. The van der Waals surface area contributed by atoms with Crippen molar-refractivity contribution in [1.82, 2.24) is 9.97 Å². The lowest BCUT2D eigenvalue weighted by atomic mass is 10.2. The van der Waals surface area contributed by atoms with E-state index in [-0.39, 0.29) is 5.75 Å². The number of H-pyrrole nitrogens is 1. The number of aromatic amines is 1. The van der Waals surface area contributed by atoms with Crippen molar-refractivity contribution in [2.45, 2.75) is 0 Å². The summed E-state index contributed by atoms with van der Waals surface area (Å²) in [6, 6.07) is 11.0. The van der Waals surface area contributed by atoms with Crippen LogP contribution in [-0.2, 0) is 0 Å². The van der Waals surface area contributed by atoms with Gasteiger partial charge >= 0.3 is 0 Å². The molecule has 1 heterocycles. The first-order valence-corrected chi connectivity index (χ1v) is 6.74. The molecule has 0 unspecified atom stereocenters. The molecule has 2 aromatic carbocycles. The Hall–Kier alpha value is -1.27. The van der Waals surface area contributed by atoms with Crippen LogP contribution in [0.15, 0.2) is 36.4 Å². The number of hydrogen-bond acceptors (Lipinski definition) is 2. The van der Waals surface area contributed by atoms with Crippen molar-refractivity contribution in [1.29, 1.82) is 0 Å². The molecule has 0 bridgehead atoms. The SMILES string of the molecule is Oc1ccc(-c2nc3c(Cl)cccc3[nH]2)cc1I. The minimum atomic E-state index is 0.272. The lowest BCUT2D eigenvalue weighted by Crippen LogP contribution is -1.82. The fourth-order valence-corrected chi connectivity index (χ4v) is 2.52. The first-order chi connectivity index (χ1) is 8.65. The number of phenols is 1. The molecule has 0 aliphatic rings. The van der Waals surface area contributed by atoms with Gasteiger partial charge in [0.1, 0.15) is 17.1 Å². The molecular weight excluding hydrogens is 363 g/mol. The van der Waals surface area contributed by atoms with Gasteiger partial charge in [-0.05, 0) is 52.9 Å². The van der Waals surface area contributed by atoms with Crippen LogP contribution in [0.4, 0.5) is 0 Å². The second-order valence-electron chi connectivity index (χ2n) is 3.89. The molecule has 18 heavy (non-hydrogen) atoms. The zero-order valence-corrected chi connectivity index (χ0v) is 12.0. The normalized spacial score (nSPS) is 11.0. The standard InChI is InChI=1S/C13H8ClIN2O/c14-8-2-1-3-10-12(8)17-13(16-10)7-4-5-11(18)9(15)6-7/h1-6,18H,(H,16,17). The van der Waals surface area contributed by atoms with E-state index >= 15 is 0 Å². The molecule has 0 aliphatic heterocycles. The van der Waals surface area contributed by atoms with Crippen molar-refractivity contribution in [2.75, 3.05) is 0 Å². The molecule has 3 nitrogen and oxygen atoms in total. The summed E-state index contributed by atoms with van der Waals surface area (Å²) in [6.45, 7) is 0. The van der Waals surface area contributed by atoms with Crippen molar-refractivity contribution in [3.63, 3.8) is 0 Å². The Morgan fingerprint density at radius 2 is 2.06 bits per heavy atom. The second-order valence-corrected chi connectivity index (χ2v) is 5.46. The number of nitrogens with one attached hydrogen (secondary N) is 1. The van der Waals surface area contributed by atoms with Gasteiger partial charge in [0, 0.05) is 5.56 Å². The third-order valence-electron chi connectivity index (χ3n) is 2.68. The quantitative estimate of drug-likeness (QED) is 0.631. The molecule has 0 radical (unpaired) electrons. The van der Waals surface area contributed by atoms with Crippen molar-refractivity contribution >= 4 is 45.2 Å². The van der Waals surface area contributed by atoms with Gasteiger partial charge in [0.25, 0.3) is 0 Å². The number of imidazole rings is 1. The minimum absolute atomic E-state index is 0.272. The van der Waals surface area contributed by atoms with E-state index in [9.17, 15) is 5.11 Å². The summed E-state index contributed by atoms with van der Waals surface area (Å²) >= 11 is 8.17. The summed E-state index contributed by atoms with van der Waals surface area (Å²) in [5.41, 5.74) is 2.59. The van der Waals surface area contributed by atoms with Gasteiger partial charge in [0.05, 0.1) is 14.1 Å². The number of rotatable bonds is 1. The molecule has 0 saturated heterocycles. The Morgan fingerprint density at radius 1 is 1.22 bits per heavy atom. The van der Waals surface area contributed by atoms with Crippen LogP contribution < -0.4 is 0 Å². The highest BCUT2D eigenvalue weighted by Crippen LogP contribution is 2.28. The number of benzene rings is 2. The van der Waals surface area contributed by atoms with Crippen molar-refractivity contribution in [3.05, 3.63) is 45.0 Å². The first-order valence-electron chi connectivity index (χ1n) is 5.28. The third kappa shape index (κ3) is 1.95. The Labute approximate surface area is 122 Å². The van der Waals surface area contributed by atoms with Gasteiger partial charge in [-0.2, -0.15) is 0 Å². The van der Waals surface area contributed by atoms with Crippen LogP contribution in [0.3, 0.4) is 0 Å². The number of hydrogen-bond donors (Lipinski definition) is 2. The van der Waals surface area contributed by atoms with Gasteiger partial charge in [-0.1, -0.05) is 17.7 Å². The maximum absolute atomic E-state index is 9.52. The lowest BCUT2D eigenvalue weighted by molar-refractivity contribution is 0.471. The second kappa shape index (κ2) is 4.44. The van der Waals surface area contributed by atoms with Crippen LogP contribution in [-0.4, -0.2) is 15.1 Å². The van der Waals surface area contributed by atoms with Crippen molar-refractivity contribution in [3.8, 4) is 17.1 Å². The van der Waals surface area contributed by atoms with Gasteiger partial charge in [-0.25, -0.2) is 4.98 Å². The average Bonchev–Trinajstić information content (AvgIpc) is 2.78. The fourth-order valence-electron chi connectivity index (χ4n) is 1.79. The molecule has 5 heteroatoms. The predicted octanol–water partition coefficient (Wildman–Crippen LogP) is 4.19. The van der Waals surface area contributed by atoms with Crippen LogP contribution in [0, 0.1) is 3.57 Å². The lowest BCUT2D eigenvalue weighted by Gasteiger charge is -1.99. The van der Waals surface area contributed by atoms with Crippen LogP contribution in [0.1, 0.15) is 0 Å². The van der Waals surface area contributed by atoms with Crippen molar-refractivity contribution in [2.24, 2.45) is 0 Å². The van der Waals surface area contributed by atoms with Crippen LogP contribution in [0.25, 0.3) is 22.4 Å². The van der Waals surface area contributed by atoms with E-state index in [1.807, 2.05) is 30.3 Å².